The lowest BCUT2D eigenvalue weighted by Crippen LogP contribution is -2.43. The van der Waals surface area contributed by atoms with Crippen molar-refractivity contribution in [1.29, 1.82) is 0 Å². The lowest BCUT2D eigenvalue weighted by atomic mass is 10.2. The SMILES string of the molecule is Cn1c(C2(F)CC2)nc2sc(N3CCCC3C(=O)NCc3ccccc3)nc2c1=O. The molecule has 9 heteroatoms. The second-order valence-electron chi connectivity index (χ2n) is 7.97. The zero-order valence-corrected chi connectivity index (χ0v) is 17.4. The maximum Gasteiger partial charge on any atom is 0.280 e. The van der Waals surface area contributed by atoms with Crippen LogP contribution in [0, 0.1) is 0 Å². The minimum Gasteiger partial charge on any atom is -0.350 e. The Morgan fingerprint density at radius 3 is 2.80 bits per heavy atom. The Hall–Kier alpha value is -2.81. The van der Waals surface area contributed by atoms with Crippen molar-refractivity contribution >= 4 is 32.7 Å². The summed E-state index contributed by atoms with van der Waals surface area (Å²) < 4.78 is 15.9. The lowest BCUT2D eigenvalue weighted by Gasteiger charge is -2.23. The van der Waals surface area contributed by atoms with Gasteiger partial charge in [0.2, 0.25) is 5.91 Å². The highest BCUT2D eigenvalue weighted by molar-refractivity contribution is 7.21. The Morgan fingerprint density at radius 2 is 2.07 bits per heavy atom. The number of nitrogens with zero attached hydrogens (tertiary/aromatic N) is 4. The van der Waals surface area contributed by atoms with Gasteiger partial charge >= 0.3 is 0 Å². The summed E-state index contributed by atoms with van der Waals surface area (Å²) >= 11 is 1.25. The maximum atomic E-state index is 14.6. The van der Waals surface area contributed by atoms with Crippen LogP contribution in [0.4, 0.5) is 9.52 Å². The second-order valence-corrected chi connectivity index (χ2v) is 8.93. The summed E-state index contributed by atoms with van der Waals surface area (Å²) in [4.78, 5) is 36.8. The predicted molar refractivity (Wildman–Crippen MR) is 113 cm³/mol. The van der Waals surface area contributed by atoms with Gasteiger partial charge in [0.05, 0.1) is 0 Å². The van der Waals surface area contributed by atoms with Crippen molar-refractivity contribution in [1.82, 2.24) is 19.9 Å². The number of carbonyl (C=O) groups excluding carboxylic acids is 1. The highest BCUT2D eigenvalue weighted by atomic mass is 32.1. The van der Waals surface area contributed by atoms with E-state index in [2.05, 4.69) is 15.3 Å². The number of halogens is 1. The number of nitrogens with one attached hydrogen (secondary N) is 1. The van der Waals surface area contributed by atoms with Crippen LogP contribution in [-0.4, -0.2) is 33.0 Å². The Kier molecular flexibility index (Phi) is 4.57. The number of amides is 1. The number of carbonyl (C=O) groups is 1. The Morgan fingerprint density at radius 1 is 1.30 bits per heavy atom. The van der Waals surface area contributed by atoms with E-state index in [4.69, 9.17) is 0 Å². The van der Waals surface area contributed by atoms with E-state index in [1.54, 1.807) is 7.05 Å². The molecule has 0 radical (unpaired) electrons. The molecule has 156 valence electrons. The molecule has 2 fully saturated rings. The first-order chi connectivity index (χ1) is 14.5. The summed E-state index contributed by atoms with van der Waals surface area (Å²) in [6.07, 6.45) is 2.37. The van der Waals surface area contributed by atoms with E-state index in [0.29, 0.717) is 35.9 Å². The molecular weight excluding hydrogens is 405 g/mol. The number of hydrogen-bond acceptors (Lipinski definition) is 6. The molecule has 0 bridgehead atoms. The molecule has 1 saturated carbocycles. The van der Waals surface area contributed by atoms with Gasteiger partial charge in [0.15, 0.2) is 27.0 Å². The van der Waals surface area contributed by atoms with Gasteiger partial charge in [-0.05, 0) is 31.2 Å². The van der Waals surface area contributed by atoms with Gasteiger partial charge in [0.25, 0.3) is 5.56 Å². The number of thiazole rings is 1. The van der Waals surface area contributed by atoms with Crippen LogP contribution in [0.25, 0.3) is 10.3 Å². The molecule has 1 aliphatic heterocycles. The fourth-order valence-corrected chi connectivity index (χ4v) is 4.98. The normalized spacial score (nSPS) is 19.9. The summed E-state index contributed by atoms with van der Waals surface area (Å²) in [5.74, 6) is 0.117. The molecule has 0 spiro atoms. The number of hydrogen-bond donors (Lipinski definition) is 1. The topological polar surface area (TPSA) is 80.1 Å². The van der Waals surface area contributed by atoms with E-state index < -0.39 is 5.67 Å². The van der Waals surface area contributed by atoms with Crippen LogP contribution in [0.15, 0.2) is 35.1 Å². The van der Waals surface area contributed by atoms with Crippen LogP contribution >= 0.6 is 11.3 Å². The number of alkyl halides is 1. The molecule has 1 amide bonds. The monoisotopic (exact) mass is 427 g/mol. The van der Waals surface area contributed by atoms with Gasteiger partial charge in [0, 0.05) is 20.1 Å². The first-order valence-electron chi connectivity index (χ1n) is 10.1. The summed E-state index contributed by atoms with van der Waals surface area (Å²) in [5, 5.41) is 3.59. The molecule has 1 aromatic carbocycles. The average Bonchev–Trinajstić information content (AvgIpc) is 3.17. The largest absolute Gasteiger partial charge is 0.350 e. The minimum absolute atomic E-state index is 0.0575. The van der Waals surface area contributed by atoms with Gasteiger partial charge in [-0.1, -0.05) is 41.7 Å². The number of fused-ring (bicyclic) bond motifs is 1. The summed E-state index contributed by atoms with van der Waals surface area (Å²) in [6.45, 7) is 1.15. The van der Waals surface area contributed by atoms with E-state index in [9.17, 15) is 14.0 Å². The van der Waals surface area contributed by atoms with Crippen molar-refractivity contribution in [3.8, 4) is 0 Å². The molecule has 1 saturated heterocycles. The third-order valence-electron chi connectivity index (χ3n) is 5.83. The smallest absolute Gasteiger partial charge is 0.280 e. The molecule has 2 aromatic heterocycles. The van der Waals surface area contributed by atoms with Crippen LogP contribution in [0.5, 0.6) is 0 Å². The van der Waals surface area contributed by atoms with Gasteiger partial charge in [0.1, 0.15) is 6.04 Å². The van der Waals surface area contributed by atoms with Crippen molar-refractivity contribution in [2.45, 2.75) is 43.9 Å². The average molecular weight is 428 g/mol. The Balaban J connectivity index is 1.40. The summed E-state index contributed by atoms with van der Waals surface area (Å²) in [7, 11) is 1.54. The quantitative estimate of drug-likeness (QED) is 0.677. The van der Waals surface area contributed by atoms with Crippen LogP contribution < -0.4 is 15.8 Å². The van der Waals surface area contributed by atoms with E-state index in [1.165, 1.54) is 15.9 Å². The van der Waals surface area contributed by atoms with Crippen LogP contribution in [0.2, 0.25) is 0 Å². The Bertz CT molecular complexity index is 1170. The van der Waals surface area contributed by atoms with Crippen LogP contribution in [0.3, 0.4) is 0 Å². The lowest BCUT2D eigenvalue weighted by molar-refractivity contribution is -0.122. The number of aromatic nitrogens is 3. The van der Waals surface area contributed by atoms with E-state index in [-0.39, 0.29) is 28.8 Å². The summed E-state index contributed by atoms with van der Waals surface area (Å²) in [6, 6.07) is 9.42. The fraction of sp³-hybridized carbons (Fsp3) is 0.429. The number of anilines is 1. The molecule has 30 heavy (non-hydrogen) atoms. The third kappa shape index (κ3) is 3.27. The van der Waals surface area contributed by atoms with Gasteiger partial charge in [-0.2, -0.15) is 0 Å². The standard InChI is InChI=1S/C21H22FN5O2S/c1-26-18(29)15-17(25-19(26)21(22)9-10-21)30-20(24-15)27-11-5-8-14(27)16(28)23-12-13-6-3-2-4-7-13/h2-4,6-7,14H,5,8-12H2,1H3,(H,23,28). The molecule has 5 rings (SSSR count). The van der Waals surface area contributed by atoms with Gasteiger partial charge in [-0.3, -0.25) is 14.2 Å². The van der Waals surface area contributed by atoms with E-state index >= 15 is 0 Å². The summed E-state index contributed by atoms with van der Waals surface area (Å²) in [5.41, 5.74) is -0.567. The fourth-order valence-electron chi connectivity index (χ4n) is 3.97. The first-order valence-corrected chi connectivity index (χ1v) is 10.9. The molecular formula is C21H22FN5O2S. The van der Waals surface area contributed by atoms with Crippen molar-refractivity contribution < 1.29 is 9.18 Å². The predicted octanol–water partition coefficient (Wildman–Crippen LogP) is 2.63. The highest BCUT2D eigenvalue weighted by Gasteiger charge is 2.49. The van der Waals surface area contributed by atoms with Crippen molar-refractivity contribution in [2.75, 3.05) is 11.4 Å². The zero-order chi connectivity index (χ0) is 20.9. The minimum atomic E-state index is -1.50. The molecule has 1 unspecified atom stereocenters. The molecule has 1 aliphatic carbocycles. The van der Waals surface area contributed by atoms with Crippen LogP contribution in [-0.2, 0) is 24.1 Å². The molecule has 7 nitrogen and oxygen atoms in total. The molecule has 1 N–H and O–H groups in total. The molecule has 2 aliphatic rings. The highest BCUT2D eigenvalue weighted by Crippen LogP contribution is 2.48. The molecule has 1 atom stereocenters. The van der Waals surface area contributed by atoms with Gasteiger partial charge < -0.3 is 10.2 Å². The molecule has 3 heterocycles. The van der Waals surface area contributed by atoms with E-state index in [1.807, 2.05) is 35.2 Å². The maximum absolute atomic E-state index is 14.6. The van der Waals surface area contributed by atoms with E-state index in [0.717, 1.165) is 18.4 Å². The number of rotatable bonds is 5. The third-order valence-corrected chi connectivity index (χ3v) is 6.82. The zero-order valence-electron chi connectivity index (χ0n) is 16.6. The van der Waals surface area contributed by atoms with Gasteiger partial charge in [-0.15, -0.1) is 0 Å². The Labute approximate surface area is 176 Å². The van der Waals surface area contributed by atoms with Crippen molar-refractivity contribution in [2.24, 2.45) is 7.05 Å². The van der Waals surface area contributed by atoms with Gasteiger partial charge in [-0.25, -0.2) is 14.4 Å². The first kappa shape index (κ1) is 19.2. The number of benzene rings is 1. The van der Waals surface area contributed by atoms with Crippen LogP contribution in [0.1, 0.15) is 37.1 Å². The van der Waals surface area contributed by atoms with Crippen molar-refractivity contribution in [3.63, 3.8) is 0 Å². The second kappa shape index (κ2) is 7.16. The molecule has 3 aromatic rings. The van der Waals surface area contributed by atoms with Crippen molar-refractivity contribution in [3.05, 3.63) is 52.1 Å².